The van der Waals surface area contributed by atoms with Gasteiger partial charge in [0.15, 0.2) is 0 Å². The average molecular weight is 458 g/mol. The molecule has 0 nitrogen and oxygen atoms in total. The summed E-state index contributed by atoms with van der Waals surface area (Å²) in [5.74, 6) is 0. The zero-order chi connectivity index (χ0) is 14.0. The minimum absolute atomic E-state index is 0.806. The Morgan fingerprint density at radius 2 is 1.00 bits per heavy atom. The zero-order valence-corrected chi connectivity index (χ0v) is 16.3. The second kappa shape index (κ2) is 5.82. The van der Waals surface area contributed by atoms with Crippen LogP contribution in [0.15, 0.2) is 30.3 Å². The van der Waals surface area contributed by atoms with Crippen molar-refractivity contribution in [1.82, 2.24) is 0 Å². The van der Waals surface area contributed by atoms with Crippen LogP contribution in [0.2, 0.25) is 0 Å². The first-order valence-corrected chi connectivity index (χ1v) is 16.3. The van der Waals surface area contributed by atoms with Gasteiger partial charge in [0.05, 0.1) is 0 Å². The summed E-state index contributed by atoms with van der Waals surface area (Å²) in [6, 6.07) is 9.25. The van der Waals surface area contributed by atoms with Crippen LogP contribution < -0.4 is 5.30 Å². The molecule has 0 saturated carbocycles. The predicted molar refractivity (Wildman–Crippen MR) is 92.6 cm³/mol. The van der Waals surface area contributed by atoms with Crippen molar-refractivity contribution >= 4 is 114 Å². The van der Waals surface area contributed by atoms with Crippen LogP contribution in [0, 0.1) is 0 Å². The van der Waals surface area contributed by atoms with Gasteiger partial charge in [0.2, 0.25) is 0 Å². The van der Waals surface area contributed by atoms with Crippen molar-refractivity contribution in [1.29, 1.82) is 0 Å². The fourth-order valence-electron chi connectivity index (χ4n) is 0.597. The van der Waals surface area contributed by atoms with E-state index in [1.807, 2.05) is 30.3 Å². The molecule has 0 aliphatic heterocycles. The van der Waals surface area contributed by atoms with Crippen LogP contribution in [-0.2, 0) is 0 Å². The van der Waals surface area contributed by atoms with Gasteiger partial charge >= 0.3 is 74.8 Å². The Balaban J connectivity index is 0.000000325. The third-order valence-electron chi connectivity index (χ3n) is 1.05. The van der Waals surface area contributed by atoms with Gasteiger partial charge in [-0.15, -0.1) is 0 Å². The molecule has 0 saturated heterocycles. The molecular formula is C6H5Cl9P2. The number of halogens is 9. The first kappa shape index (κ1) is 19.7. The van der Waals surface area contributed by atoms with Crippen molar-refractivity contribution in [3.8, 4) is 0 Å². The quantitative estimate of drug-likeness (QED) is 0.369. The maximum atomic E-state index is 5.70. The minimum atomic E-state index is -4.82. The van der Waals surface area contributed by atoms with Crippen molar-refractivity contribution in [2.75, 3.05) is 0 Å². The molecule has 0 radical (unpaired) electrons. The summed E-state index contributed by atoms with van der Waals surface area (Å²) in [4.78, 5) is 0. The van der Waals surface area contributed by atoms with Gasteiger partial charge in [-0.05, 0) is 12.1 Å². The first-order valence-electron chi connectivity index (χ1n) is 3.66. The van der Waals surface area contributed by atoms with E-state index in [4.69, 9.17) is 101 Å². The molecule has 17 heavy (non-hydrogen) atoms. The Hall–Kier alpha value is 2.69. The first-order chi connectivity index (χ1) is 7.05. The molecule has 0 aromatic heterocycles. The van der Waals surface area contributed by atoms with Crippen molar-refractivity contribution in [2.24, 2.45) is 0 Å². The van der Waals surface area contributed by atoms with Gasteiger partial charge in [-0.2, -0.15) is 0 Å². The van der Waals surface area contributed by atoms with Crippen LogP contribution in [0.5, 0.6) is 0 Å². The summed E-state index contributed by atoms with van der Waals surface area (Å²) in [5, 5.41) is -1.55. The normalized spacial score (nSPS) is 16.3. The van der Waals surface area contributed by atoms with E-state index < -0.39 is 7.38 Å². The Bertz CT molecular complexity index is 349. The molecule has 0 bridgehead atoms. The van der Waals surface area contributed by atoms with Crippen molar-refractivity contribution in [3.63, 3.8) is 0 Å². The van der Waals surface area contributed by atoms with Gasteiger partial charge in [-0.1, -0.05) is 18.2 Å². The van der Waals surface area contributed by atoms with Crippen LogP contribution >= 0.6 is 109 Å². The third-order valence-corrected chi connectivity index (χ3v) is 3.69. The average Bonchev–Trinajstić information content (AvgIpc) is 1.98. The van der Waals surface area contributed by atoms with Gasteiger partial charge in [0.1, 0.15) is 39.0 Å². The molecule has 0 N–H and O–H groups in total. The van der Waals surface area contributed by atoms with Crippen LogP contribution in [0.4, 0.5) is 0 Å². The van der Waals surface area contributed by atoms with Crippen LogP contribution in [-0.4, -0.2) is 0 Å². The molecule has 0 spiro atoms. The van der Waals surface area contributed by atoms with E-state index in [1.54, 1.807) is 0 Å². The van der Waals surface area contributed by atoms with Crippen molar-refractivity contribution in [2.45, 2.75) is 0 Å². The fraction of sp³-hybridized carbons (Fsp3) is 0. The predicted octanol–water partition coefficient (Wildman–Crippen LogP) is 8.79. The summed E-state index contributed by atoms with van der Waals surface area (Å²) in [5.41, 5.74) is 0. The summed E-state index contributed by atoms with van der Waals surface area (Å²) < 4.78 is -4.82. The van der Waals surface area contributed by atoms with E-state index in [-0.39, 0.29) is 0 Å². The van der Waals surface area contributed by atoms with Gasteiger partial charge in [-0.3, -0.25) is 0 Å². The van der Waals surface area contributed by atoms with Gasteiger partial charge < -0.3 is 0 Å². The Labute approximate surface area is 143 Å². The molecule has 1 aromatic rings. The van der Waals surface area contributed by atoms with Crippen LogP contribution in [0.3, 0.4) is 0 Å². The number of hydrogen-bond donors (Lipinski definition) is 0. The SMILES string of the molecule is Cl[P+](Cl)(Cl)c1ccccc1.Cl[P-](Cl)(Cl)(Cl)(Cl)Cl. The number of hydrogen-bond acceptors (Lipinski definition) is 0. The van der Waals surface area contributed by atoms with Crippen LogP contribution in [0.25, 0.3) is 0 Å². The van der Waals surface area contributed by atoms with Crippen molar-refractivity contribution < 1.29 is 0 Å². The Morgan fingerprint density at radius 3 is 1.18 bits per heavy atom. The molecule has 0 aliphatic rings. The molecule has 0 aliphatic carbocycles. The summed E-state index contributed by atoms with van der Waals surface area (Å²) in [6.45, 7) is 0. The molecule has 11 heteroatoms. The molecule has 0 heterocycles. The topological polar surface area (TPSA) is 0 Å². The molecule has 102 valence electrons. The van der Waals surface area contributed by atoms with Gasteiger partial charge in [0, 0.05) is 0 Å². The van der Waals surface area contributed by atoms with Crippen LogP contribution in [0.1, 0.15) is 0 Å². The maximum absolute atomic E-state index is 5.70. The number of rotatable bonds is 1. The van der Waals surface area contributed by atoms with E-state index in [1.165, 1.54) is 0 Å². The molecule has 0 atom stereocenters. The molecule has 0 amide bonds. The Morgan fingerprint density at radius 1 is 0.706 bits per heavy atom. The second-order valence-corrected chi connectivity index (χ2v) is 35.2. The van der Waals surface area contributed by atoms with E-state index in [9.17, 15) is 0 Å². The third kappa shape index (κ3) is 18.7. The van der Waals surface area contributed by atoms with E-state index in [2.05, 4.69) is 0 Å². The van der Waals surface area contributed by atoms with Crippen molar-refractivity contribution in [3.05, 3.63) is 30.3 Å². The zero-order valence-electron chi connectivity index (χ0n) is 7.68. The van der Waals surface area contributed by atoms with E-state index in [0.717, 1.165) is 5.30 Å². The number of benzene rings is 1. The molecule has 0 unspecified atom stereocenters. The van der Waals surface area contributed by atoms with E-state index >= 15 is 0 Å². The molecule has 1 rings (SSSR count). The van der Waals surface area contributed by atoms with Gasteiger partial charge in [0.25, 0.3) is 0 Å². The summed E-state index contributed by atoms with van der Waals surface area (Å²) >= 11 is 47.1. The fourth-order valence-corrected chi connectivity index (χ4v) is 2.12. The van der Waals surface area contributed by atoms with E-state index in [0.29, 0.717) is 0 Å². The second-order valence-electron chi connectivity index (χ2n) is 2.74. The standard InChI is InChI=1S/C6H5Cl3P.Cl6P/c7-10(8,9)6-4-2-1-3-5-6;1-7(2,3,4,5)6/h1-5H;/q+1;-1. The molecular weight excluding hydrogens is 453 g/mol. The van der Waals surface area contributed by atoms with Gasteiger partial charge in [-0.25, -0.2) is 0 Å². The monoisotopic (exact) mass is 454 g/mol. The molecule has 1 aromatic carbocycles. The summed E-state index contributed by atoms with van der Waals surface area (Å²) in [7, 11) is 0. The Kier molecular flexibility index (Phi) is 6.75. The summed E-state index contributed by atoms with van der Waals surface area (Å²) in [6.07, 6.45) is 0. The molecule has 0 fully saturated rings.